The maximum Gasteiger partial charge on any atom is 0.256 e. The first kappa shape index (κ1) is 14.7. The standard InChI is InChI=1S/C14H15BrFN3O/c1-7-13(14(20)19-9(3)17-7)8(2)18-12-6-10(16)4-5-11(12)15/h4-6,8,18H,1-3H3,(H,17,19,20). The molecule has 4 nitrogen and oxygen atoms in total. The van der Waals surface area contributed by atoms with E-state index in [9.17, 15) is 9.18 Å². The van der Waals surface area contributed by atoms with E-state index >= 15 is 0 Å². The molecule has 0 spiro atoms. The van der Waals surface area contributed by atoms with Crippen LogP contribution in [-0.4, -0.2) is 9.97 Å². The van der Waals surface area contributed by atoms with Crippen LogP contribution in [0.5, 0.6) is 0 Å². The zero-order valence-electron chi connectivity index (χ0n) is 11.4. The molecule has 0 saturated heterocycles. The van der Waals surface area contributed by atoms with Gasteiger partial charge in [-0.1, -0.05) is 0 Å². The predicted molar refractivity (Wildman–Crippen MR) is 80.5 cm³/mol. The van der Waals surface area contributed by atoms with Crippen molar-refractivity contribution in [1.82, 2.24) is 9.97 Å². The summed E-state index contributed by atoms with van der Waals surface area (Å²) in [6, 6.07) is 4.08. The lowest BCUT2D eigenvalue weighted by Crippen LogP contribution is -2.23. The molecule has 0 fully saturated rings. The number of aromatic nitrogens is 2. The second-order valence-electron chi connectivity index (χ2n) is 4.64. The molecule has 2 rings (SSSR count). The summed E-state index contributed by atoms with van der Waals surface area (Å²) in [6.45, 7) is 5.36. The van der Waals surface area contributed by atoms with Crippen molar-refractivity contribution in [2.24, 2.45) is 0 Å². The summed E-state index contributed by atoms with van der Waals surface area (Å²) in [6.07, 6.45) is 0. The molecule has 0 aliphatic heterocycles. The molecule has 0 bridgehead atoms. The number of nitrogens with zero attached hydrogens (tertiary/aromatic N) is 1. The number of hydrogen-bond acceptors (Lipinski definition) is 3. The first-order valence-corrected chi connectivity index (χ1v) is 6.97. The maximum absolute atomic E-state index is 13.3. The number of aromatic amines is 1. The summed E-state index contributed by atoms with van der Waals surface area (Å²) in [5.74, 6) is 0.242. The zero-order valence-corrected chi connectivity index (χ0v) is 13.0. The molecular weight excluding hydrogens is 325 g/mol. The van der Waals surface area contributed by atoms with Gasteiger partial charge in [-0.15, -0.1) is 0 Å². The predicted octanol–water partition coefficient (Wildman–Crippen LogP) is 3.46. The van der Waals surface area contributed by atoms with Gasteiger partial charge in [0.05, 0.1) is 23.0 Å². The van der Waals surface area contributed by atoms with Crippen molar-refractivity contribution in [3.63, 3.8) is 0 Å². The summed E-state index contributed by atoms with van der Waals surface area (Å²) in [5.41, 5.74) is 1.63. The van der Waals surface area contributed by atoms with Crippen LogP contribution < -0.4 is 10.9 Å². The van der Waals surface area contributed by atoms with Gasteiger partial charge in [-0.3, -0.25) is 4.79 Å². The molecule has 0 radical (unpaired) electrons. The Balaban J connectivity index is 2.36. The smallest absolute Gasteiger partial charge is 0.256 e. The van der Waals surface area contributed by atoms with Crippen LogP contribution in [0.1, 0.15) is 30.0 Å². The topological polar surface area (TPSA) is 57.8 Å². The van der Waals surface area contributed by atoms with Crippen molar-refractivity contribution in [1.29, 1.82) is 0 Å². The highest BCUT2D eigenvalue weighted by molar-refractivity contribution is 9.10. The molecule has 0 amide bonds. The Morgan fingerprint density at radius 3 is 2.75 bits per heavy atom. The van der Waals surface area contributed by atoms with Gasteiger partial charge in [0.15, 0.2) is 0 Å². The summed E-state index contributed by atoms with van der Waals surface area (Å²) in [7, 11) is 0. The van der Waals surface area contributed by atoms with Crippen LogP contribution in [0.2, 0.25) is 0 Å². The van der Waals surface area contributed by atoms with Gasteiger partial charge in [-0.25, -0.2) is 9.37 Å². The van der Waals surface area contributed by atoms with Gasteiger partial charge in [-0.05, 0) is 54.9 Å². The molecule has 1 atom stereocenters. The van der Waals surface area contributed by atoms with E-state index in [2.05, 4.69) is 31.2 Å². The fourth-order valence-corrected chi connectivity index (χ4v) is 2.52. The third-order valence-electron chi connectivity index (χ3n) is 3.00. The molecular formula is C14H15BrFN3O. The monoisotopic (exact) mass is 339 g/mol. The Hall–Kier alpha value is -1.69. The number of rotatable bonds is 3. The van der Waals surface area contributed by atoms with E-state index in [1.807, 2.05) is 6.92 Å². The van der Waals surface area contributed by atoms with Gasteiger partial charge in [0, 0.05) is 4.47 Å². The van der Waals surface area contributed by atoms with Crippen LogP contribution in [0.3, 0.4) is 0 Å². The van der Waals surface area contributed by atoms with Crippen LogP contribution in [0.25, 0.3) is 0 Å². The van der Waals surface area contributed by atoms with Gasteiger partial charge in [0.1, 0.15) is 11.6 Å². The minimum absolute atomic E-state index is 0.178. The molecule has 2 aromatic rings. The Kier molecular flexibility index (Phi) is 4.23. The Labute approximate surface area is 124 Å². The third kappa shape index (κ3) is 3.07. The first-order chi connectivity index (χ1) is 9.38. The molecule has 1 aromatic carbocycles. The van der Waals surface area contributed by atoms with Crippen molar-refractivity contribution in [2.45, 2.75) is 26.8 Å². The highest BCUT2D eigenvalue weighted by atomic mass is 79.9. The molecule has 1 aromatic heterocycles. The first-order valence-electron chi connectivity index (χ1n) is 6.17. The number of anilines is 1. The average Bonchev–Trinajstić information content (AvgIpc) is 2.32. The second-order valence-corrected chi connectivity index (χ2v) is 5.49. The van der Waals surface area contributed by atoms with E-state index in [1.54, 1.807) is 19.9 Å². The molecule has 1 unspecified atom stereocenters. The number of benzene rings is 1. The fraction of sp³-hybridized carbons (Fsp3) is 0.286. The fourth-order valence-electron chi connectivity index (χ4n) is 2.16. The molecule has 0 saturated carbocycles. The lowest BCUT2D eigenvalue weighted by Gasteiger charge is -2.17. The minimum atomic E-state index is -0.337. The minimum Gasteiger partial charge on any atom is -0.377 e. The number of aryl methyl sites for hydroxylation is 2. The second kappa shape index (κ2) is 5.75. The molecule has 0 aliphatic carbocycles. The summed E-state index contributed by atoms with van der Waals surface area (Å²) in [4.78, 5) is 19.0. The van der Waals surface area contributed by atoms with Gasteiger partial charge in [-0.2, -0.15) is 0 Å². The molecule has 20 heavy (non-hydrogen) atoms. The molecule has 0 aliphatic rings. The quantitative estimate of drug-likeness (QED) is 0.900. The van der Waals surface area contributed by atoms with E-state index < -0.39 is 0 Å². The van der Waals surface area contributed by atoms with Crippen LogP contribution in [0.15, 0.2) is 27.5 Å². The Morgan fingerprint density at radius 2 is 2.10 bits per heavy atom. The molecule has 2 N–H and O–H groups in total. The highest BCUT2D eigenvalue weighted by Crippen LogP contribution is 2.27. The van der Waals surface area contributed by atoms with Crippen LogP contribution in [-0.2, 0) is 0 Å². The van der Waals surface area contributed by atoms with Crippen molar-refractivity contribution in [3.8, 4) is 0 Å². The Bertz CT molecular complexity index is 699. The largest absolute Gasteiger partial charge is 0.377 e. The average molecular weight is 340 g/mol. The number of hydrogen-bond donors (Lipinski definition) is 2. The number of nitrogens with one attached hydrogen (secondary N) is 2. The van der Waals surface area contributed by atoms with E-state index in [-0.39, 0.29) is 17.4 Å². The van der Waals surface area contributed by atoms with E-state index in [4.69, 9.17) is 0 Å². The van der Waals surface area contributed by atoms with Crippen molar-refractivity contribution >= 4 is 21.6 Å². The lowest BCUT2D eigenvalue weighted by molar-refractivity contribution is 0.627. The normalized spacial score (nSPS) is 12.2. The lowest BCUT2D eigenvalue weighted by atomic mass is 10.1. The number of H-pyrrole nitrogens is 1. The van der Waals surface area contributed by atoms with E-state index in [0.29, 0.717) is 22.8 Å². The van der Waals surface area contributed by atoms with Crippen LogP contribution in [0.4, 0.5) is 10.1 Å². The molecule has 106 valence electrons. The highest BCUT2D eigenvalue weighted by Gasteiger charge is 2.15. The summed E-state index contributed by atoms with van der Waals surface area (Å²) < 4.78 is 14.0. The maximum atomic E-state index is 13.3. The molecule has 6 heteroatoms. The zero-order chi connectivity index (χ0) is 14.9. The Morgan fingerprint density at radius 1 is 1.40 bits per heavy atom. The van der Waals surface area contributed by atoms with Crippen molar-refractivity contribution in [3.05, 3.63) is 55.9 Å². The van der Waals surface area contributed by atoms with Gasteiger partial charge >= 0.3 is 0 Å². The van der Waals surface area contributed by atoms with Crippen LogP contribution in [0, 0.1) is 19.7 Å². The van der Waals surface area contributed by atoms with Crippen LogP contribution >= 0.6 is 15.9 Å². The van der Waals surface area contributed by atoms with Gasteiger partial charge < -0.3 is 10.3 Å². The SMILES string of the molecule is Cc1nc(C)c(C(C)Nc2cc(F)ccc2Br)c(=O)[nH]1. The van der Waals surface area contributed by atoms with Crippen molar-refractivity contribution < 1.29 is 4.39 Å². The number of halogens is 2. The summed E-state index contributed by atoms with van der Waals surface area (Å²) >= 11 is 3.35. The van der Waals surface area contributed by atoms with E-state index in [0.717, 1.165) is 4.47 Å². The summed E-state index contributed by atoms with van der Waals surface area (Å²) in [5, 5.41) is 3.12. The molecule has 1 heterocycles. The van der Waals surface area contributed by atoms with Gasteiger partial charge in [0.2, 0.25) is 0 Å². The van der Waals surface area contributed by atoms with Gasteiger partial charge in [0.25, 0.3) is 5.56 Å². The van der Waals surface area contributed by atoms with Crippen molar-refractivity contribution in [2.75, 3.05) is 5.32 Å². The van der Waals surface area contributed by atoms with E-state index in [1.165, 1.54) is 12.1 Å². The third-order valence-corrected chi connectivity index (χ3v) is 3.69.